The molecule has 3 aliphatic rings. The molecule has 5 rings (SSSR count). The highest BCUT2D eigenvalue weighted by Crippen LogP contribution is 2.37. The number of ketones is 1. The maximum absolute atomic E-state index is 13.0. The minimum absolute atomic E-state index is 0.213. The first-order valence-electron chi connectivity index (χ1n) is 11.7. The molecule has 1 amide bonds. The summed E-state index contributed by atoms with van der Waals surface area (Å²) in [6, 6.07) is 12.2. The van der Waals surface area contributed by atoms with Gasteiger partial charge in [-0.2, -0.15) is 0 Å². The van der Waals surface area contributed by atoms with E-state index >= 15 is 0 Å². The smallest absolute Gasteiger partial charge is 0.227 e. The number of ether oxygens (including phenoxy) is 1. The molecular formula is C26H31N3O3. The van der Waals surface area contributed by atoms with E-state index in [-0.39, 0.29) is 11.7 Å². The van der Waals surface area contributed by atoms with Crippen molar-refractivity contribution in [2.75, 3.05) is 56.2 Å². The first kappa shape index (κ1) is 21.0. The predicted molar refractivity (Wildman–Crippen MR) is 126 cm³/mol. The van der Waals surface area contributed by atoms with E-state index in [1.54, 1.807) is 7.11 Å². The number of para-hydroxylation sites is 2. The van der Waals surface area contributed by atoms with Gasteiger partial charge in [-0.3, -0.25) is 14.5 Å². The number of carbonyl (C=O) groups is 2. The fraction of sp³-hybridized carbons (Fsp3) is 0.462. The molecule has 6 nitrogen and oxygen atoms in total. The average Bonchev–Trinajstić information content (AvgIpc) is 2.85. The SMILES string of the molecule is COc1ccccc1N1CCN(CCC(=O)c2cc3c4c(c2)CCC(=O)N4CCC3)CC1. The van der Waals surface area contributed by atoms with Crippen LogP contribution >= 0.6 is 0 Å². The molecule has 1 saturated heterocycles. The molecule has 0 radical (unpaired) electrons. The van der Waals surface area contributed by atoms with Gasteiger partial charge in [0, 0.05) is 57.7 Å². The predicted octanol–water partition coefficient (Wildman–Crippen LogP) is 3.32. The van der Waals surface area contributed by atoms with Gasteiger partial charge in [0.15, 0.2) is 5.78 Å². The average molecular weight is 434 g/mol. The van der Waals surface area contributed by atoms with Crippen molar-refractivity contribution < 1.29 is 14.3 Å². The Labute approximate surface area is 189 Å². The van der Waals surface area contributed by atoms with Crippen LogP contribution in [0.15, 0.2) is 36.4 Å². The lowest BCUT2D eigenvalue weighted by Crippen LogP contribution is -2.47. The Balaban J connectivity index is 1.20. The Morgan fingerprint density at radius 1 is 0.969 bits per heavy atom. The van der Waals surface area contributed by atoms with Crippen LogP contribution in [0.5, 0.6) is 5.75 Å². The fourth-order valence-electron chi connectivity index (χ4n) is 5.32. The molecule has 0 spiro atoms. The van der Waals surface area contributed by atoms with Gasteiger partial charge in [0.05, 0.1) is 18.5 Å². The molecule has 32 heavy (non-hydrogen) atoms. The van der Waals surface area contributed by atoms with Crippen LogP contribution in [0.4, 0.5) is 11.4 Å². The van der Waals surface area contributed by atoms with E-state index in [0.29, 0.717) is 12.8 Å². The third kappa shape index (κ3) is 3.99. The summed E-state index contributed by atoms with van der Waals surface area (Å²) in [6.45, 7) is 5.35. The molecule has 0 aliphatic carbocycles. The number of nitrogens with zero attached hydrogens (tertiary/aromatic N) is 3. The Hall–Kier alpha value is -2.86. The highest BCUT2D eigenvalue weighted by atomic mass is 16.5. The zero-order valence-corrected chi connectivity index (χ0v) is 18.8. The summed E-state index contributed by atoms with van der Waals surface area (Å²) in [5.41, 5.74) is 5.41. The van der Waals surface area contributed by atoms with Crippen molar-refractivity contribution >= 4 is 23.1 Å². The van der Waals surface area contributed by atoms with Gasteiger partial charge in [-0.25, -0.2) is 0 Å². The van der Waals surface area contributed by atoms with Crippen LogP contribution < -0.4 is 14.5 Å². The van der Waals surface area contributed by atoms with E-state index in [1.165, 1.54) is 11.1 Å². The number of Topliss-reactive ketones (excluding diaryl/α,β-unsaturated/α-hetero) is 1. The Kier molecular flexibility index (Phi) is 5.87. The van der Waals surface area contributed by atoms with E-state index < -0.39 is 0 Å². The van der Waals surface area contributed by atoms with Gasteiger partial charge in [-0.15, -0.1) is 0 Å². The van der Waals surface area contributed by atoms with Crippen LogP contribution in [-0.4, -0.2) is 63.0 Å². The van der Waals surface area contributed by atoms with Gasteiger partial charge in [0.2, 0.25) is 5.91 Å². The zero-order chi connectivity index (χ0) is 22.1. The third-order valence-electron chi connectivity index (χ3n) is 7.05. The molecule has 0 bridgehead atoms. The number of rotatable bonds is 6. The normalized spacial score (nSPS) is 18.5. The lowest BCUT2D eigenvalue weighted by molar-refractivity contribution is -0.119. The minimum atomic E-state index is 0.213. The molecular weight excluding hydrogens is 402 g/mol. The standard InChI is InChI=1S/C26H31N3O3/c1-32-24-7-3-2-6-22(24)28-15-13-27(14-16-28)12-10-23(30)21-17-19-5-4-11-29-25(31)9-8-20(18-21)26(19)29/h2-3,6-7,17-18H,4-5,8-16H2,1H3. The van der Waals surface area contributed by atoms with Gasteiger partial charge in [-0.1, -0.05) is 12.1 Å². The van der Waals surface area contributed by atoms with Crippen molar-refractivity contribution in [1.82, 2.24) is 4.90 Å². The van der Waals surface area contributed by atoms with E-state index in [1.807, 2.05) is 35.2 Å². The number of hydrogen-bond acceptors (Lipinski definition) is 5. The molecule has 0 N–H and O–H groups in total. The number of amides is 1. The highest BCUT2D eigenvalue weighted by molar-refractivity contribution is 6.01. The summed E-state index contributed by atoms with van der Waals surface area (Å²) in [7, 11) is 1.71. The van der Waals surface area contributed by atoms with E-state index in [0.717, 1.165) is 81.2 Å². The number of benzene rings is 2. The maximum atomic E-state index is 13.0. The van der Waals surface area contributed by atoms with Gasteiger partial charge in [-0.05, 0) is 54.7 Å². The molecule has 3 aliphatic heterocycles. The zero-order valence-electron chi connectivity index (χ0n) is 18.8. The molecule has 0 unspecified atom stereocenters. The number of piperazine rings is 1. The van der Waals surface area contributed by atoms with Crippen LogP contribution in [0.25, 0.3) is 0 Å². The lowest BCUT2D eigenvalue weighted by Gasteiger charge is -2.36. The first-order chi connectivity index (χ1) is 15.6. The van der Waals surface area contributed by atoms with E-state index in [9.17, 15) is 9.59 Å². The third-order valence-corrected chi connectivity index (χ3v) is 7.05. The second-order valence-corrected chi connectivity index (χ2v) is 8.97. The van der Waals surface area contributed by atoms with Crippen molar-refractivity contribution in [2.45, 2.75) is 32.1 Å². The molecule has 0 atom stereocenters. The van der Waals surface area contributed by atoms with E-state index in [4.69, 9.17) is 4.74 Å². The van der Waals surface area contributed by atoms with Gasteiger partial charge >= 0.3 is 0 Å². The van der Waals surface area contributed by atoms with Gasteiger partial charge in [0.25, 0.3) is 0 Å². The number of anilines is 2. The lowest BCUT2D eigenvalue weighted by atomic mass is 9.88. The topological polar surface area (TPSA) is 53.1 Å². The van der Waals surface area contributed by atoms with Gasteiger partial charge in [0.1, 0.15) is 5.75 Å². The van der Waals surface area contributed by atoms with Gasteiger partial charge < -0.3 is 14.5 Å². The Morgan fingerprint density at radius 2 is 1.72 bits per heavy atom. The number of hydrogen-bond donors (Lipinski definition) is 0. The summed E-state index contributed by atoms with van der Waals surface area (Å²) in [5, 5.41) is 0. The Morgan fingerprint density at radius 3 is 2.50 bits per heavy atom. The summed E-state index contributed by atoms with van der Waals surface area (Å²) in [5.74, 6) is 1.35. The van der Waals surface area contributed by atoms with Crippen LogP contribution in [0.1, 0.15) is 40.7 Å². The first-order valence-corrected chi connectivity index (χ1v) is 11.7. The summed E-state index contributed by atoms with van der Waals surface area (Å²) in [4.78, 5) is 32.0. The largest absolute Gasteiger partial charge is 0.495 e. The molecule has 3 heterocycles. The summed E-state index contributed by atoms with van der Waals surface area (Å²) < 4.78 is 5.51. The minimum Gasteiger partial charge on any atom is -0.495 e. The molecule has 1 fully saturated rings. The van der Waals surface area contributed by atoms with Crippen LogP contribution in [0, 0.1) is 0 Å². The monoisotopic (exact) mass is 433 g/mol. The molecule has 0 aromatic heterocycles. The van der Waals surface area contributed by atoms with Crippen LogP contribution in [0.2, 0.25) is 0 Å². The maximum Gasteiger partial charge on any atom is 0.227 e. The molecule has 2 aromatic carbocycles. The number of carbonyl (C=O) groups excluding carboxylic acids is 2. The van der Waals surface area contributed by atoms with Crippen LogP contribution in [-0.2, 0) is 17.6 Å². The molecule has 168 valence electrons. The molecule has 0 saturated carbocycles. The molecule has 2 aromatic rings. The summed E-state index contributed by atoms with van der Waals surface area (Å²) in [6.07, 6.45) is 3.78. The number of aryl methyl sites for hydroxylation is 2. The van der Waals surface area contributed by atoms with Crippen molar-refractivity contribution in [3.05, 3.63) is 53.1 Å². The van der Waals surface area contributed by atoms with Crippen molar-refractivity contribution in [2.24, 2.45) is 0 Å². The van der Waals surface area contributed by atoms with Crippen molar-refractivity contribution in [3.63, 3.8) is 0 Å². The second kappa shape index (κ2) is 8.94. The van der Waals surface area contributed by atoms with Crippen molar-refractivity contribution in [1.29, 1.82) is 0 Å². The van der Waals surface area contributed by atoms with Crippen LogP contribution in [0.3, 0.4) is 0 Å². The van der Waals surface area contributed by atoms with Crippen molar-refractivity contribution in [3.8, 4) is 5.75 Å². The molecule has 6 heteroatoms. The second-order valence-electron chi connectivity index (χ2n) is 8.97. The van der Waals surface area contributed by atoms with E-state index in [2.05, 4.69) is 15.9 Å². The summed E-state index contributed by atoms with van der Waals surface area (Å²) >= 11 is 0. The Bertz CT molecular complexity index is 1010. The quantitative estimate of drug-likeness (QED) is 0.655. The highest BCUT2D eigenvalue weighted by Gasteiger charge is 2.30. The number of methoxy groups -OCH3 is 1. The fourth-order valence-corrected chi connectivity index (χ4v) is 5.32.